The topological polar surface area (TPSA) is 102 Å². The summed E-state index contributed by atoms with van der Waals surface area (Å²) in [5.41, 5.74) is 5.12. The highest BCUT2D eigenvalue weighted by Gasteiger charge is 2.18. The Morgan fingerprint density at radius 3 is 2.77 bits per heavy atom. The zero-order chi connectivity index (χ0) is 24.8. The van der Waals surface area contributed by atoms with E-state index in [2.05, 4.69) is 42.9 Å². The number of methoxy groups -OCH3 is 1. The van der Waals surface area contributed by atoms with Gasteiger partial charge in [-0.3, -0.25) is 9.78 Å². The quantitative estimate of drug-likeness (QED) is 0.359. The SMILES string of the molecule is CNC(=O)c1ccnc2c(C(CNc3cc(-c4cc(C)nc(OC)c4)ncn3)CSC)cccc12. The van der Waals surface area contributed by atoms with Crippen LogP contribution in [0.3, 0.4) is 0 Å². The fraction of sp³-hybridized carbons (Fsp3) is 0.269. The van der Waals surface area contributed by atoms with E-state index in [0.29, 0.717) is 18.0 Å². The maximum atomic E-state index is 12.4. The van der Waals surface area contributed by atoms with Gasteiger partial charge in [0, 0.05) is 60.2 Å². The molecule has 0 aliphatic rings. The second-order valence-corrected chi connectivity index (χ2v) is 8.95. The van der Waals surface area contributed by atoms with E-state index in [9.17, 15) is 4.79 Å². The fourth-order valence-electron chi connectivity index (χ4n) is 4.05. The standard InChI is InChI=1S/C26H28N6O2S/c1-16-10-17(11-24(32-16)34-3)22-12-23(31-15-30-22)29-13-18(14-35-4)19-6-5-7-20-21(26(33)27-2)8-9-28-25(19)20/h5-12,15,18H,13-14H2,1-4H3,(H,27,33)(H,29,30,31). The number of thioether (sulfide) groups is 1. The number of fused-ring (bicyclic) bond motifs is 1. The molecule has 4 aromatic rings. The lowest BCUT2D eigenvalue weighted by Gasteiger charge is -2.19. The molecule has 3 heterocycles. The Labute approximate surface area is 209 Å². The Morgan fingerprint density at radius 1 is 1.14 bits per heavy atom. The van der Waals surface area contributed by atoms with Gasteiger partial charge in [-0.2, -0.15) is 11.8 Å². The second-order valence-electron chi connectivity index (χ2n) is 8.04. The second kappa shape index (κ2) is 11.1. The van der Waals surface area contributed by atoms with Crippen molar-refractivity contribution in [3.8, 4) is 17.1 Å². The van der Waals surface area contributed by atoms with Crippen molar-refractivity contribution in [2.45, 2.75) is 12.8 Å². The lowest BCUT2D eigenvalue weighted by molar-refractivity contribution is 0.0964. The third-order valence-corrected chi connectivity index (χ3v) is 6.45. The number of ether oxygens (including phenoxy) is 1. The summed E-state index contributed by atoms with van der Waals surface area (Å²) in [5, 5.41) is 7.04. The van der Waals surface area contributed by atoms with Crippen LogP contribution >= 0.6 is 11.8 Å². The Morgan fingerprint density at radius 2 is 2.00 bits per heavy atom. The zero-order valence-electron chi connectivity index (χ0n) is 20.2. The lowest BCUT2D eigenvalue weighted by atomic mass is 9.95. The van der Waals surface area contributed by atoms with Crippen LogP contribution in [0.4, 0.5) is 5.82 Å². The largest absolute Gasteiger partial charge is 0.481 e. The van der Waals surface area contributed by atoms with E-state index >= 15 is 0 Å². The molecule has 0 aliphatic carbocycles. The monoisotopic (exact) mass is 488 g/mol. The highest BCUT2D eigenvalue weighted by molar-refractivity contribution is 7.98. The Balaban J connectivity index is 1.61. The number of benzene rings is 1. The molecule has 9 heteroatoms. The van der Waals surface area contributed by atoms with Crippen LogP contribution in [-0.2, 0) is 0 Å². The van der Waals surface area contributed by atoms with E-state index in [-0.39, 0.29) is 11.8 Å². The van der Waals surface area contributed by atoms with E-state index in [1.165, 1.54) is 0 Å². The molecule has 1 amide bonds. The molecular weight excluding hydrogens is 460 g/mol. The molecular formula is C26H28N6O2S. The zero-order valence-corrected chi connectivity index (χ0v) is 21.0. The van der Waals surface area contributed by atoms with Crippen molar-refractivity contribution in [2.24, 2.45) is 0 Å². The summed E-state index contributed by atoms with van der Waals surface area (Å²) in [5.74, 6) is 2.20. The van der Waals surface area contributed by atoms with Gasteiger partial charge >= 0.3 is 0 Å². The molecule has 3 aromatic heterocycles. The van der Waals surface area contributed by atoms with Crippen molar-refractivity contribution in [1.82, 2.24) is 25.3 Å². The lowest BCUT2D eigenvalue weighted by Crippen LogP contribution is -2.19. The van der Waals surface area contributed by atoms with Gasteiger partial charge in [0.2, 0.25) is 5.88 Å². The smallest absolute Gasteiger partial charge is 0.251 e. The number of aryl methyl sites for hydroxylation is 1. The summed E-state index contributed by atoms with van der Waals surface area (Å²) in [4.78, 5) is 30.2. The molecule has 0 fully saturated rings. The molecule has 2 N–H and O–H groups in total. The molecule has 8 nitrogen and oxygen atoms in total. The maximum Gasteiger partial charge on any atom is 0.251 e. The highest BCUT2D eigenvalue weighted by Crippen LogP contribution is 2.29. The molecule has 1 aromatic carbocycles. The first-order valence-corrected chi connectivity index (χ1v) is 12.6. The van der Waals surface area contributed by atoms with Crippen molar-refractivity contribution in [2.75, 3.05) is 38.0 Å². The minimum absolute atomic E-state index is 0.120. The Kier molecular flexibility index (Phi) is 7.77. The number of carbonyl (C=O) groups is 1. The van der Waals surface area contributed by atoms with Crippen LogP contribution in [-0.4, -0.2) is 58.6 Å². The van der Waals surface area contributed by atoms with E-state index < -0.39 is 0 Å². The number of hydrogen-bond acceptors (Lipinski definition) is 8. The van der Waals surface area contributed by atoms with E-state index in [1.54, 1.807) is 44.5 Å². The fourth-order valence-corrected chi connectivity index (χ4v) is 4.75. The number of anilines is 1. The molecule has 0 saturated heterocycles. The Hall–Kier alpha value is -3.72. The predicted octanol–water partition coefficient (Wildman–Crippen LogP) is 4.32. The summed E-state index contributed by atoms with van der Waals surface area (Å²) in [6.07, 6.45) is 5.34. The van der Waals surface area contributed by atoms with Gasteiger partial charge in [0.15, 0.2) is 0 Å². The van der Waals surface area contributed by atoms with Gasteiger partial charge in [-0.05, 0) is 30.9 Å². The Bertz CT molecular complexity index is 1350. The number of hydrogen-bond donors (Lipinski definition) is 2. The van der Waals surface area contributed by atoms with Crippen LogP contribution in [0.2, 0.25) is 0 Å². The number of rotatable bonds is 9. The van der Waals surface area contributed by atoms with Crippen LogP contribution < -0.4 is 15.4 Å². The average Bonchev–Trinajstić information content (AvgIpc) is 2.89. The van der Waals surface area contributed by atoms with Gasteiger partial charge in [0.25, 0.3) is 5.91 Å². The summed E-state index contributed by atoms with van der Waals surface area (Å²) in [6, 6.07) is 13.5. The summed E-state index contributed by atoms with van der Waals surface area (Å²) < 4.78 is 5.30. The first-order chi connectivity index (χ1) is 17.0. The molecule has 0 aliphatic heterocycles. The van der Waals surface area contributed by atoms with Gasteiger partial charge in [-0.1, -0.05) is 18.2 Å². The van der Waals surface area contributed by atoms with Gasteiger partial charge in [0.05, 0.1) is 23.9 Å². The molecule has 1 atom stereocenters. The third-order valence-electron chi connectivity index (χ3n) is 5.71. The van der Waals surface area contributed by atoms with Crippen LogP contribution in [0.25, 0.3) is 22.2 Å². The molecule has 0 saturated carbocycles. The average molecular weight is 489 g/mol. The van der Waals surface area contributed by atoms with Crippen molar-refractivity contribution >= 4 is 34.4 Å². The van der Waals surface area contributed by atoms with Crippen molar-refractivity contribution in [1.29, 1.82) is 0 Å². The normalized spacial score (nSPS) is 11.8. The first-order valence-electron chi connectivity index (χ1n) is 11.2. The number of amides is 1. The van der Waals surface area contributed by atoms with Crippen LogP contribution in [0.1, 0.15) is 27.5 Å². The molecule has 0 bridgehead atoms. The van der Waals surface area contributed by atoms with Crippen molar-refractivity contribution < 1.29 is 9.53 Å². The maximum absolute atomic E-state index is 12.4. The van der Waals surface area contributed by atoms with Gasteiger partial charge < -0.3 is 15.4 Å². The summed E-state index contributed by atoms with van der Waals surface area (Å²) in [6.45, 7) is 2.58. The minimum atomic E-state index is -0.120. The van der Waals surface area contributed by atoms with Crippen molar-refractivity contribution in [3.05, 3.63) is 71.8 Å². The van der Waals surface area contributed by atoms with Crippen molar-refractivity contribution in [3.63, 3.8) is 0 Å². The van der Waals surface area contributed by atoms with Crippen LogP contribution in [0, 0.1) is 6.92 Å². The summed E-state index contributed by atoms with van der Waals surface area (Å²) in [7, 11) is 3.24. The van der Waals surface area contributed by atoms with E-state index in [4.69, 9.17) is 4.74 Å². The van der Waals surface area contributed by atoms with Crippen LogP contribution in [0.15, 0.2) is 55.0 Å². The molecule has 1 unspecified atom stereocenters. The number of para-hydroxylation sites is 1. The summed E-state index contributed by atoms with van der Waals surface area (Å²) >= 11 is 1.77. The van der Waals surface area contributed by atoms with Gasteiger partial charge in [-0.25, -0.2) is 15.0 Å². The number of nitrogens with one attached hydrogen (secondary N) is 2. The number of nitrogens with zero attached hydrogens (tertiary/aromatic N) is 4. The van der Waals surface area contributed by atoms with Gasteiger partial charge in [0.1, 0.15) is 12.1 Å². The molecule has 4 rings (SSSR count). The molecule has 0 radical (unpaired) electrons. The number of carbonyl (C=O) groups excluding carboxylic acids is 1. The van der Waals surface area contributed by atoms with Crippen LogP contribution in [0.5, 0.6) is 5.88 Å². The van der Waals surface area contributed by atoms with E-state index in [1.807, 2.05) is 37.3 Å². The van der Waals surface area contributed by atoms with Gasteiger partial charge in [-0.15, -0.1) is 0 Å². The molecule has 35 heavy (non-hydrogen) atoms. The number of pyridine rings is 2. The highest BCUT2D eigenvalue weighted by atomic mass is 32.2. The first kappa shape index (κ1) is 24.4. The predicted molar refractivity (Wildman–Crippen MR) is 141 cm³/mol. The minimum Gasteiger partial charge on any atom is -0.481 e. The third kappa shape index (κ3) is 5.51. The molecule has 180 valence electrons. The number of aromatic nitrogens is 4. The van der Waals surface area contributed by atoms with E-state index in [0.717, 1.165) is 45.0 Å². The molecule has 0 spiro atoms.